The van der Waals surface area contributed by atoms with Crippen molar-refractivity contribution < 1.29 is 121 Å². The van der Waals surface area contributed by atoms with Gasteiger partial charge in [-0.15, -0.1) is 5.10 Å². The molecule has 5 aromatic rings. The second-order valence-corrected chi connectivity index (χ2v) is 36.7. The fourth-order valence-corrected chi connectivity index (χ4v) is 16.7. The number of aliphatic hydroxyl groups excluding tert-OH is 2. The molecule has 5 heterocycles. The molecule has 17 amide bonds. The van der Waals surface area contributed by atoms with Crippen molar-refractivity contribution in [3.63, 3.8) is 0 Å². The van der Waals surface area contributed by atoms with Crippen molar-refractivity contribution in [1.29, 1.82) is 5.41 Å². The van der Waals surface area contributed by atoms with E-state index < -0.39 is 276 Å². The van der Waals surface area contributed by atoms with Gasteiger partial charge in [-0.05, 0) is 91.8 Å². The normalized spacial score (nSPS) is 18.1. The number of carboxylic acid groups (broad SMARTS) is 2. The number of tetrazole rings is 1. The maximum absolute atomic E-state index is 15.5. The lowest BCUT2D eigenvalue weighted by atomic mass is 10.0. The molecule has 2 aliphatic heterocycles. The number of para-hydroxylation sites is 1. The van der Waals surface area contributed by atoms with Crippen molar-refractivity contribution in [3.8, 4) is 0 Å². The van der Waals surface area contributed by atoms with E-state index in [0.717, 1.165) is 49.2 Å². The Labute approximate surface area is 860 Å². The largest absolute Gasteiger partial charge is 0.480 e. The van der Waals surface area contributed by atoms with Crippen molar-refractivity contribution in [2.45, 2.75) is 279 Å². The maximum atomic E-state index is 15.5. The van der Waals surface area contributed by atoms with E-state index in [0.29, 0.717) is 39.8 Å². The molecule has 7 rings (SSSR count). The number of ether oxygens (including phenoxy) is 2. The monoisotopic (exact) mass is 2090 g/mol. The highest BCUT2D eigenvalue weighted by molar-refractivity contribution is 6.01. The molecule has 12 atom stereocenters. The standard InChI is InChI=1S/C96H146N28O25/c1-2-3-28-66(87(139)115-69-35-37-79(129)102-38-23-22-30-65(85(98)137)111-91(143)71(45-60-48-105-64-29-21-20-27-63(60)64)116-88(140)67(31-24-39-104-96(99)100)112-90(142)70(44-59-25-16-15-17-26-59)118-94(146)75-47-62(126)52-124(75)95(69)147)113-92(144)73(109-81(131)53-123(54-83(133)134)55-84(135)136)50-107-86(138)72(46-61-49-101-58-108-61)117-89(141)68(34-36-76(97)127)114-93(145)74(56-125)110-80(130)51-106-82(132)57-149-43-42-148-41-40-103-78(128)33-19-14-12-10-8-6-4-5-7-9-11-13-18-32-77-119-121-122-120-77/h15-17,20-21,25-27,29,48-49,58,62,65-75,105,125-126H,2-14,18-19,22-24,28,30-47,50-57H2,1H3,(H2,97,127)(H2,98,137)(H,101,108)(H,102,129)(H,103,128)(H,106,132)(H,107,138)(H,109,131)(H,110,130)(H,111,143)(H,112,142)(H,113,144)(H,114,145)(H,115,139)(H,116,140)(H,117,141)(H,118,146)(H,133,134)(H,135,136)(H4,99,100,104)(H,119,120,121,122)/t62-,65+,66+,67+,68+,69+,70-,71-,72+,73+,74+,75+/m1/s1. The topological polar surface area (TPSA) is 811 Å². The summed E-state index contributed by atoms with van der Waals surface area (Å²) in [6, 6.07) is -3.24. The number of guanidine groups is 1. The Morgan fingerprint density at radius 1 is 0.584 bits per heavy atom. The zero-order valence-corrected chi connectivity index (χ0v) is 84.0. The minimum absolute atomic E-state index is 0.0162. The Morgan fingerprint density at radius 2 is 1.21 bits per heavy atom. The van der Waals surface area contributed by atoms with Gasteiger partial charge >= 0.3 is 11.9 Å². The molecule has 3 aromatic heterocycles. The molecule has 0 radical (unpaired) electrons. The molecule has 0 bridgehead atoms. The second-order valence-electron chi connectivity index (χ2n) is 36.7. The summed E-state index contributed by atoms with van der Waals surface area (Å²) in [7, 11) is 0. The van der Waals surface area contributed by atoms with Gasteiger partial charge in [-0.2, -0.15) is 0 Å². The molecule has 2 fully saturated rings. The summed E-state index contributed by atoms with van der Waals surface area (Å²) >= 11 is 0. The highest BCUT2D eigenvalue weighted by atomic mass is 16.5. The van der Waals surface area contributed by atoms with Crippen LogP contribution in [0.15, 0.2) is 73.3 Å². The molecule has 0 spiro atoms. The summed E-state index contributed by atoms with van der Waals surface area (Å²) in [5, 5.41) is 102. The van der Waals surface area contributed by atoms with Crippen molar-refractivity contribution in [2.75, 3.05) is 91.9 Å². The first-order valence-corrected chi connectivity index (χ1v) is 50.5. The van der Waals surface area contributed by atoms with Gasteiger partial charge in [0.25, 0.3) is 0 Å². The van der Waals surface area contributed by atoms with Gasteiger partial charge < -0.3 is 142 Å². The number of aliphatic carboxylic acids is 2. The Bertz CT molecular complexity index is 5140. The van der Waals surface area contributed by atoms with Crippen LogP contribution in [0.25, 0.3) is 10.9 Å². The van der Waals surface area contributed by atoms with Crippen LogP contribution in [0.2, 0.25) is 0 Å². The van der Waals surface area contributed by atoms with Crippen LogP contribution in [0.3, 0.4) is 0 Å². The molecular formula is C96H146N28O25. The predicted octanol–water partition coefficient (Wildman–Crippen LogP) is -4.92. The average molecular weight is 2090 g/mol. The fourth-order valence-electron chi connectivity index (χ4n) is 16.7. The van der Waals surface area contributed by atoms with Gasteiger partial charge in [-0.25, -0.2) is 10.1 Å². The number of hydrogen-bond donors (Lipinski definition) is 26. The van der Waals surface area contributed by atoms with Gasteiger partial charge in [0.2, 0.25) is 100 Å². The summed E-state index contributed by atoms with van der Waals surface area (Å²) in [5.41, 5.74) is 18.8. The number of imidazole rings is 1. The Balaban J connectivity index is 1.02. The number of hydrogen-bond acceptors (Lipinski definition) is 29. The smallest absolute Gasteiger partial charge is 0.317 e. The van der Waals surface area contributed by atoms with Crippen LogP contribution in [-0.4, -0.2) is 349 Å². The maximum Gasteiger partial charge on any atom is 0.317 e. The first kappa shape index (κ1) is 121. The fraction of sp³-hybridized carbons (Fsp3) is 0.604. The second kappa shape index (κ2) is 67.2. The quantitative estimate of drug-likeness (QED) is 0.00985. The molecule has 2 aliphatic rings. The third-order valence-electron chi connectivity index (χ3n) is 24.6. The number of carbonyl (C=O) groups is 19. The van der Waals surface area contributed by atoms with Crippen LogP contribution in [-0.2, 0) is 126 Å². The van der Waals surface area contributed by atoms with E-state index in [2.05, 4.69) is 115 Å². The number of aryl methyl sites for hydroxylation is 1. The third kappa shape index (κ3) is 46.9. The van der Waals surface area contributed by atoms with Crippen LogP contribution in [0.1, 0.15) is 203 Å². The van der Waals surface area contributed by atoms with Gasteiger partial charge in [-0.3, -0.25) is 101 Å². The lowest BCUT2D eigenvalue weighted by Gasteiger charge is -2.31. The zero-order chi connectivity index (χ0) is 108. The van der Waals surface area contributed by atoms with E-state index in [4.69, 9.17) is 32.1 Å². The number of nitrogens with one attached hydrogen (secondary N) is 19. The summed E-state index contributed by atoms with van der Waals surface area (Å²) in [4.78, 5) is 276. The number of benzene rings is 2. The Hall–Kier alpha value is -14.7. The van der Waals surface area contributed by atoms with Gasteiger partial charge in [0.1, 0.15) is 78.9 Å². The van der Waals surface area contributed by atoms with Gasteiger partial charge in [0, 0.05) is 107 Å². The van der Waals surface area contributed by atoms with E-state index in [1.165, 1.54) is 63.9 Å². The van der Waals surface area contributed by atoms with Gasteiger partial charge in [0.05, 0.1) is 70.7 Å². The van der Waals surface area contributed by atoms with Crippen molar-refractivity contribution in [1.82, 2.24) is 125 Å². The van der Waals surface area contributed by atoms with E-state index in [9.17, 15) is 87.5 Å². The highest BCUT2D eigenvalue weighted by Gasteiger charge is 2.45. The molecular weight excluding hydrogens is 1950 g/mol. The molecule has 0 unspecified atom stereocenters. The van der Waals surface area contributed by atoms with Gasteiger partial charge in [0.15, 0.2) is 5.96 Å². The Kier molecular flexibility index (Phi) is 54.7. The SMILES string of the molecule is CCCC[C@H](NC(=O)[C@H](CNC(=O)[C@H](Cc1c[nH]cn1)NC(=O)[C@H](CCC(N)=O)NC(=O)[C@H](CO)NC(=O)CNC(=O)COCCOCCNC(=O)CCCCCCCCCCCCCCCc1nnn[nH]1)NC(=O)CN(CC(=O)O)CC(=O)O)C(=O)N[C@H]1CCC(=O)NCCCC[C@@H](C(N)=O)NC(=O)[C@@H](Cc2c[nH]c3ccccc23)NC(=O)[C@H](CCCNC(=N)N)NC(=O)[C@@H](Cc2ccccc2)NC(=O)[C@@H]2C[C@@H](O)CN2C1=O. The third-order valence-corrected chi connectivity index (χ3v) is 24.6. The number of aliphatic hydroxyl groups is 2. The molecule has 2 aromatic carbocycles. The van der Waals surface area contributed by atoms with Crippen LogP contribution in [0.4, 0.5) is 0 Å². The van der Waals surface area contributed by atoms with E-state index >= 15 is 24.0 Å². The van der Waals surface area contributed by atoms with Crippen LogP contribution < -0.4 is 97.0 Å². The van der Waals surface area contributed by atoms with Crippen molar-refractivity contribution in [2.24, 2.45) is 17.2 Å². The number of unbranched alkanes of at least 4 members (excludes halogenated alkanes) is 13. The molecule has 53 heteroatoms. The summed E-state index contributed by atoms with van der Waals surface area (Å²) in [5.74, 6) is -19.4. The molecule has 0 aliphatic carbocycles. The van der Waals surface area contributed by atoms with E-state index in [-0.39, 0.29) is 109 Å². The summed E-state index contributed by atoms with van der Waals surface area (Å²) < 4.78 is 10.8. The van der Waals surface area contributed by atoms with E-state index in [1.807, 2.05) is 0 Å². The molecule has 2 saturated heterocycles. The number of aromatic amines is 3. The number of primary amides is 2. The van der Waals surface area contributed by atoms with Gasteiger partial charge in [-0.1, -0.05) is 139 Å². The molecule has 29 N–H and O–H groups in total. The average Bonchev–Trinajstić information content (AvgIpc) is 1.67. The number of fused-ring (bicyclic) bond motifs is 2. The van der Waals surface area contributed by atoms with Crippen LogP contribution >= 0.6 is 0 Å². The van der Waals surface area contributed by atoms with Crippen molar-refractivity contribution in [3.05, 3.63) is 96.0 Å². The summed E-state index contributed by atoms with van der Waals surface area (Å²) in [6.07, 6.45) is 15.2. The number of rotatable bonds is 63. The molecule has 0 saturated carbocycles. The molecule has 149 heavy (non-hydrogen) atoms. The highest BCUT2D eigenvalue weighted by Crippen LogP contribution is 2.25. The number of amides is 17. The van der Waals surface area contributed by atoms with Crippen LogP contribution in [0.5, 0.6) is 0 Å². The lowest BCUT2D eigenvalue weighted by Crippen LogP contribution is -2.61. The number of aromatic nitrogens is 7. The number of carboxylic acids is 2. The number of carbonyl (C=O) groups excluding carboxylic acids is 17. The Morgan fingerprint density at radius 3 is 1.87 bits per heavy atom. The van der Waals surface area contributed by atoms with E-state index in [1.54, 1.807) is 67.7 Å². The predicted molar refractivity (Wildman–Crippen MR) is 534 cm³/mol. The number of H-pyrrole nitrogens is 3. The summed E-state index contributed by atoms with van der Waals surface area (Å²) in [6.45, 7) is -5.00. The lowest BCUT2D eigenvalue weighted by molar-refractivity contribution is -0.143. The molecule has 820 valence electrons. The minimum atomic E-state index is -2.06. The first-order valence-electron chi connectivity index (χ1n) is 50.5. The number of nitrogens with two attached hydrogens (primary N) is 3. The zero-order valence-electron chi connectivity index (χ0n) is 84.0. The minimum Gasteiger partial charge on any atom is -0.480 e. The number of nitrogens with zero attached hydrogens (tertiary/aromatic N) is 6. The first-order chi connectivity index (χ1) is 71.6. The van der Waals surface area contributed by atoms with Crippen LogP contribution in [0, 0.1) is 5.41 Å². The molecule has 53 nitrogen and oxygen atoms in total. The van der Waals surface area contributed by atoms with Crippen molar-refractivity contribution >= 4 is 129 Å².